The molecule has 0 bridgehead atoms. The molecule has 1 unspecified atom stereocenters. The number of likely N-dealkylation sites (N-methyl/N-ethyl adjacent to an activating group) is 1. The molecule has 1 saturated heterocycles. The van der Waals surface area contributed by atoms with E-state index in [0.717, 1.165) is 11.3 Å². The lowest BCUT2D eigenvalue weighted by molar-refractivity contribution is -0.131. The van der Waals surface area contributed by atoms with Gasteiger partial charge < -0.3 is 14.7 Å². The molecule has 0 radical (unpaired) electrons. The lowest BCUT2D eigenvalue weighted by Gasteiger charge is -2.22. The molecule has 1 fully saturated rings. The van der Waals surface area contributed by atoms with Crippen molar-refractivity contribution in [2.24, 2.45) is 0 Å². The van der Waals surface area contributed by atoms with Crippen LogP contribution in [0.2, 0.25) is 0 Å². The van der Waals surface area contributed by atoms with Crippen LogP contribution in [0.1, 0.15) is 12.0 Å². The number of rotatable bonds is 6. The van der Waals surface area contributed by atoms with E-state index in [2.05, 4.69) is 0 Å². The Morgan fingerprint density at radius 1 is 1.45 bits per heavy atom. The van der Waals surface area contributed by atoms with Crippen molar-refractivity contribution in [2.45, 2.75) is 18.6 Å². The van der Waals surface area contributed by atoms with E-state index in [1.807, 2.05) is 24.3 Å². The summed E-state index contributed by atoms with van der Waals surface area (Å²) in [4.78, 5) is 15.6. The zero-order valence-corrected chi connectivity index (χ0v) is 13.1. The maximum Gasteiger partial charge on any atom is 0.236 e. The monoisotopic (exact) mass is 310 g/mol. The number of methoxy groups -OCH3 is 1. The van der Waals surface area contributed by atoms with Crippen molar-refractivity contribution < 1.29 is 19.0 Å². The van der Waals surface area contributed by atoms with E-state index in [9.17, 15) is 9.18 Å². The first-order valence-electron chi connectivity index (χ1n) is 7.35. The number of halogens is 1. The van der Waals surface area contributed by atoms with Gasteiger partial charge in [-0.05, 0) is 24.1 Å². The molecule has 1 atom stereocenters. The van der Waals surface area contributed by atoms with E-state index in [1.165, 1.54) is 0 Å². The SMILES string of the molecule is COc1ccc(CN(C)C(=O)CN2CCC(F)(CO)C2)cc1. The molecular weight excluding hydrogens is 287 g/mol. The average Bonchev–Trinajstić information content (AvgIpc) is 2.90. The standard InChI is InChI=1S/C16H23FN2O3/c1-18(9-13-3-5-14(22-2)6-4-13)15(21)10-19-8-7-16(17,11-19)12-20/h3-6,20H,7-12H2,1-2H3. The molecule has 6 heteroatoms. The molecule has 1 heterocycles. The van der Waals surface area contributed by atoms with Gasteiger partial charge in [-0.3, -0.25) is 9.69 Å². The molecule has 22 heavy (non-hydrogen) atoms. The molecule has 0 spiro atoms. The van der Waals surface area contributed by atoms with E-state index in [4.69, 9.17) is 9.84 Å². The quantitative estimate of drug-likeness (QED) is 0.854. The van der Waals surface area contributed by atoms with Crippen LogP contribution in [0.15, 0.2) is 24.3 Å². The van der Waals surface area contributed by atoms with Crippen LogP contribution in [0.5, 0.6) is 5.75 Å². The van der Waals surface area contributed by atoms with Crippen molar-refractivity contribution >= 4 is 5.91 Å². The van der Waals surface area contributed by atoms with Gasteiger partial charge in [0.15, 0.2) is 0 Å². The molecule has 122 valence electrons. The van der Waals surface area contributed by atoms with Gasteiger partial charge >= 0.3 is 0 Å². The minimum Gasteiger partial charge on any atom is -0.497 e. The summed E-state index contributed by atoms with van der Waals surface area (Å²) >= 11 is 0. The maximum atomic E-state index is 13.9. The molecule has 0 aromatic heterocycles. The predicted octanol–water partition coefficient (Wildman–Crippen LogP) is 1.06. The second-order valence-corrected chi connectivity index (χ2v) is 5.87. The Balaban J connectivity index is 1.84. The highest BCUT2D eigenvalue weighted by Crippen LogP contribution is 2.24. The highest BCUT2D eigenvalue weighted by atomic mass is 19.1. The number of carbonyl (C=O) groups is 1. The second kappa shape index (κ2) is 7.07. The second-order valence-electron chi connectivity index (χ2n) is 5.87. The summed E-state index contributed by atoms with van der Waals surface area (Å²) in [6.45, 7) is 0.805. The summed E-state index contributed by atoms with van der Waals surface area (Å²) in [5.41, 5.74) is -0.553. The van der Waals surface area contributed by atoms with Crippen LogP contribution in [0.4, 0.5) is 4.39 Å². The Morgan fingerprint density at radius 2 is 2.14 bits per heavy atom. The van der Waals surface area contributed by atoms with Gasteiger partial charge in [-0.25, -0.2) is 4.39 Å². The Labute approximate surface area is 130 Å². The van der Waals surface area contributed by atoms with Crippen molar-refractivity contribution in [3.8, 4) is 5.75 Å². The first-order chi connectivity index (χ1) is 10.5. The van der Waals surface area contributed by atoms with Crippen molar-refractivity contribution in [3.05, 3.63) is 29.8 Å². The molecule has 0 aliphatic carbocycles. The summed E-state index contributed by atoms with van der Waals surface area (Å²) < 4.78 is 19.0. The van der Waals surface area contributed by atoms with Gasteiger partial charge in [0, 0.05) is 26.7 Å². The largest absolute Gasteiger partial charge is 0.497 e. The van der Waals surface area contributed by atoms with Gasteiger partial charge in [-0.15, -0.1) is 0 Å². The molecule has 1 amide bonds. The zero-order chi connectivity index (χ0) is 16.2. The number of aliphatic hydroxyl groups is 1. The number of likely N-dealkylation sites (tertiary alicyclic amines) is 1. The molecule has 1 aliphatic heterocycles. The first-order valence-corrected chi connectivity index (χ1v) is 7.35. The molecule has 0 saturated carbocycles. The molecule has 5 nitrogen and oxygen atoms in total. The van der Waals surface area contributed by atoms with Crippen LogP contribution in [0, 0.1) is 0 Å². The van der Waals surface area contributed by atoms with Gasteiger partial charge in [0.2, 0.25) is 5.91 Å². The van der Waals surface area contributed by atoms with Crippen LogP contribution < -0.4 is 4.74 Å². The molecule has 2 rings (SSSR count). The fourth-order valence-corrected chi connectivity index (χ4v) is 2.59. The van der Waals surface area contributed by atoms with E-state index in [1.54, 1.807) is 24.0 Å². The topological polar surface area (TPSA) is 53.0 Å². The third-order valence-corrected chi connectivity index (χ3v) is 4.03. The van der Waals surface area contributed by atoms with Crippen LogP contribution in [0.25, 0.3) is 0 Å². The van der Waals surface area contributed by atoms with E-state index in [0.29, 0.717) is 13.1 Å². The normalized spacial score (nSPS) is 21.8. The van der Waals surface area contributed by atoms with Gasteiger partial charge in [0.05, 0.1) is 20.3 Å². The number of benzene rings is 1. The van der Waals surface area contributed by atoms with E-state index >= 15 is 0 Å². The lowest BCUT2D eigenvalue weighted by Crippen LogP contribution is -2.39. The smallest absolute Gasteiger partial charge is 0.236 e. The number of ether oxygens (including phenoxy) is 1. The van der Waals surface area contributed by atoms with Crippen molar-refractivity contribution in [1.82, 2.24) is 9.80 Å². The highest BCUT2D eigenvalue weighted by molar-refractivity contribution is 5.78. The third kappa shape index (κ3) is 4.18. The summed E-state index contributed by atoms with van der Waals surface area (Å²) in [5, 5.41) is 9.02. The number of carbonyl (C=O) groups excluding carboxylic acids is 1. The molecule has 1 aromatic rings. The average molecular weight is 310 g/mol. The van der Waals surface area contributed by atoms with Crippen LogP contribution in [-0.4, -0.2) is 66.9 Å². The van der Waals surface area contributed by atoms with E-state index in [-0.39, 0.29) is 25.4 Å². The van der Waals surface area contributed by atoms with Gasteiger partial charge in [-0.2, -0.15) is 0 Å². The van der Waals surface area contributed by atoms with Crippen LogP contribution in [0.3, 0.4) is 0 Å². The zero-order valence-electron chi connectivity index (χ0n) is 13.1. The number of amides is 1. The Bertz CT molecular complexity index is 509. The predicted molar refractivity (Wildman–Crippen MR) is 81.4 cm³/mol. The van der Waals surface area contributed by atoms with Gasteiger partial charge in [0.25, 0.3) is 0 Å². The number of nitrogens with zero attached hydrogens (tertiary/aromatic N) is 2. The number of alkyl halides is 1. The molecule has 1 aromatic carbocycles. The molecule has 1 aliphatic rings. The first kappa shape index (κ1) is 16.7. The minimum absolute atomic E-state index is 0.0574. The van der Waals surface area contributed by atoms with Gasteiger partial charge in [-0.1, -0.05) is 12.1 Å². The van der Waals surface area contributed by atoms with Gasteiger partial charge in [0.1, 0.15) is 11.4 Å². The Hall–Kier alpha value is -1.66. The highest BCUT2D eigenvalue weighted by Gasteiger charge is 2.38. The van der Waals surface area contributed by atoms with Crippen molar-refractivity contribution in [3.63, 3.8) is 0 Å². The van der Waals surface area contributed by atoms with Crippen LogP contribution in [-0.2, 0) is 11.3 Å². The summed E-state index contributed by atoms with van der Waals surface area (Å²) in [6.07, 6.45) is 0.277. The fraction of sp³-hybridized carbons (Fsp3) is 0.562. The van der Waals surface area contributed by atoms with Crippen molar-refractivity contribution in [1.29, 1.82) is 0 Å². The Kier molecular flexibility index (Phi) is 5.37. The molecule has 1 N–H and O–H groups in total. The lowest BCUT2D eigenvalue weighted by atomic mass is 10.1. The summed E-state index contributed by atoms with van der Waals surface area (Å²) in [7, 11) is 3.34. The number of hydrogen-bond donors (Lipinski definition) is 1. The fourth-order valence-electron chi connectivity index (χ4n) is 2.59. The minimum atomic E-state index is -1.56. The van der Waals surface area contributed by atoms with Crippen LogP contribution >= 0.6 is 0 Å². The maximum absolute atomic E-state index is 13.9. The number of hydrogen-bond acceptors (Lipinski definition) is 4. The number of aliphatic hydroxyl groups excluding tert-OH is 1. The van der Waals surface area contributed by atoms with E-state index < -0.39 is 12.3 Å². The molecular formula is C16H23FN2O3. The summed E-state index contributed by atoms with van der Waals surface area (Å²) in [6, 6.07) is 7.53. The Morgan fingerprint density at radius 3 is 2.68 bits per heavy atom. The summed E-state index contributed by atoms with van der Waals surface area (Å²) in [5.74, 6) is 0.719. The van der Waals surface area contributed by atoms with Crippen molar-refractivity contribution in [2.75, 3.05) is 40.4 Å². The third-order valence-electron chi connectivity index (χ3n) is 4.03.